The van der Waals surface area contributed by atoms with Crippen LogP contribution in [0, 0.1) is 21.7 Å². The number of halogens is 2. The summed E-state index contributed by atoms with van der Waals surface area (Å²) in [4.78, 5) is 10.3. The Bertz CT molecular complexity index is 668. The lowest BCUT2D eigenvalue weighted by Gasteiger charge is -2.09. The first-order valence-corrected chi connectivity index (χ1v) is 5.97. The van der Waals surface area contributed by atoms with Crippen molar-refractivity contribution in [3.8, 4) is 11.5 Å². The van der Waals surface area contributed by atoms with Gasteiger partial charge in [-0.05, 0) is 18.6 Å². The van der Waals surface area contributed by atoms with Crippen molar-refractivity contribution in [2.24, 2.45) is 0 Å². The number of aliphatic hydroxyl groups is 1. The van der Waals surface area contributed by atoms with Gasteiger partial charge in [-0.1, -0.05) is 6.07 Å². The summed E-state index contributed by atoms with van der Waals surface area (Å²) >= 11 is 0. The molecule has 2 aromatic rings. The van der Waals surface area contributed by atoms with E-state index in [-0.39, 0.29) is 11.5 Å². The van der Waals surface area contributed by atoms with Gasteiger partial charge < -0.3 is 9.84 Å². The smallest absolute Gasteiger partial charge is 0.311 e. The third-order valence-corrected chi connectivity index (χ3v) is 2.73. The Hall–Kier alpha value is -2.54. The van der Waals surface area contributed by atoms with Crippen molar-refractivity contribution in [3.05, 3.63) is 63.7 Å². The largest absolute Gasteiger partial charge is 0.450 e. The van der Waals surface area contributed by atoms with Crippen LogP contribution < -0.4 is 4.74 Å². The first kappa shape index (κ1) is 14.9. The lowest BCUT2D eigenvalue weighted by Crippen LogP contribution is -1.98. The third-order valence-electron chi connectivity index (χ3n) is 2.73. The normalized spacial score (nSPS) is 12.0. The fourth-order valence-corrected chi connectivity index (χ4v) is 1.74. The summed E-state index contributed by atoms with van der Waals surface area (Å²) in [5.41, 5.74) is -0.0717. The first-order chi connectivity index (χ1) is 9.86. The second kappa shape index (κ2) is 5.84. The summed E-state index contributed by atoms with van der Waals surface area (Å²) in [6.45, 7) is 1.46. The van der Waals surface area contributed by atoms with E-state index in [1.165, 1.54) is 19.1 Å². The summed E-state index contributed by atoms with van der Waals surface area (Å²) in [5, 5.41) is 20.4. The predicted molar refractivity (Wildman–Crippen MR) is 70.2 cm³/mol. The number of hydrogen-bond donors (Lipinski definition) is 1. The van der Waals surface area contributed by atoms with Gasteiger partial charge >= 0.3 is 5.69 Å². The monoisotopic (exact) mass is 295 g/mol. The molecule has 0 spiro atoms. The van der Waals surface area contributed by atoms with E-state index in [0.717, 1.165) is 18.2 Å². The fourth-order valence-electron chi connectivity index (χ4n) is 1.74. The van der Waals surface area contributed by atoms with E-state index in [1.54, 1.807) is 0 Å². The molecule has 0 saturated heterocycles. The zero-order valence-corrected chi connectivity index (χ0v) is 10.9. The Labute approximate surface area is 118 Å². The molecule has 0 aromatic heterocycles. The molecule has 2 aromatic carbocycles. The second-order valence-corrected chi connectivity index (χ2v) is 4.37. The van der Waals surface area contributed by atoms with Gasteiger partial charge in [-0.25, -0.2) is 8.78 Å². The molecule has 5 nitrogen and oxygen atoms in total. The van der Waals surface area contributed by atoms with Gasteiger partial charge in [-0.15, -0.1) is 0 Å². The highest BCUT2D eigenvalue weighted by atomic mass is 19.1. The maximum Gasteiger partial charge on any atom is 0.311 e. The van der Waals surface area contributed by atoms with Crippen LogP contribution in [0.25, 0.3) is 0 Å². The van der Waals surface area contributed by atoms with Crippen LogP contribution in [0.3, 0.4) is 0 Å². The second-order valence-electron chi connectivity index (χ2n) is 4.37. The number of nitrogens with zero attached hydrogens (tertiary/aromatic N) is 1. The van der Waals surface area contributed by atoms with Crippen LogP contribution in [0.1, 0.15) is 18.6 Å². The van der Waals surface area contributed by atoms with Crippen LogP contribution in [0.4, 0.5) is 14.5 Å². The van der Waals surface area contributed by atoms with Gasteiger partial charge in [0.15, 0.2) is 0 Å². The predicted octanol–water partition coefficient (Wildman–Crippen LogP) is 3.72. The van der Waals surface area contributed by atoms with Crippen LogP contribution >= 0.6 is 0 Å². The summed E-state index contributed by atoms with van der Waals surface area (Å²) < 4.78 is 31.3. The first-order valence-electron chi connectivity index (χ1n) is 5.97. The molecular weight excluding hydrogens is 284 g/mol. The highest BCUT2D eigenvalue weighted by molar-refractivity contribution is 5.51. The molecule has 0 heterocycles. The van der Waals surface area contributed by atoms with Crippen molar-refractivity contribution in [2.75, 3.05) is 0 Å². The summed E-state index contributed by atoms with van der Waals surface area (Å²) in [6.07, 6.45) is -0.885. The minimum atomic E-state index is -0.885. The van der Waals surface area contributed by atoms with E-state index in [1.807, 2.05) is 0 Å². The van der Waals surface area contributed by atoms with Crippen molar-refractivity contribution in [2.45, 2.75) is 13.0 Å². The molecule has 1 atom stereocenters. The van der Waals surface area contributed by atoms with Crippen LogP contribution in [0.15, 0.2) is 36.4 Å². The Kier molecular flexibility index (Phi) is 4.13. The quantitative estimate of drug-likeness (QED) is 0.689. The van der Waals surface area contributed by atoms with Gasteiger partial charge in [-0.3, -0.25) is 10.1 Å². The molecule has 0 saturated carbocycles. The maximum atomic E-state index is 13.1. The van der Waals surface area contributed by atoms with E-state index in [0.29, 0.717) is 11.6 Å². The zero-order chi connectivity index (χ0) is 15.6. The molecule has 0 unspecified atom stereocenters. The zero-order valence-electron chi connectivity index (χ0n) is 10.9. The number of nitro groups is 1. The fraction of sp³-hybridized carbons (Fsp3) is 0.143. The molecule has 0 aliphatic heterocycles. The van der Waals surface area contributed by atoms with Crippen molar-refractivity contribution in [1.29, 1.82) is 0 Å². The summed E-state index contributed by atoms with van der Waals surface area (Å²) in [7, 11) is 0. The minimum absolute atomic E-state index is 0.172. The molecule has 0 amide bonds. The van der Waals surface area contributed by atoms with Gasteiger partial charge in [0.1, 0.15) is 17.4 Å². The van der Waals surface area contributed by atoms with E-state index in [2.05, 4.69) is 0 Å². The van der Waals surface area contributed by atoms with Crippen molar-refractivity contribution >= 4 is 5.69 Å². The highest BCUT2D eigenvalue weighted by Gasteiger charge is 2.18. The third kappa shape index (κ3) is 3.51. The minimum Gasteiger partial charge on any atom is -0.450 e. The number of hydrogen-bond acceptors (Lipinski definition) is 4. The molecule has 0 aliphatic carbocycles. The van der Waals surface area contributed by atoms with Crippen LogP contribution in [-0.4, -0.2) is 10.0 Å². The van der Waals surface area contributed by atoms with Crippen LogP contribution in [-0.2, 0) is 0 Å². The standard InChI is InChI=1S/C14H11F2NO4/c1-8(18)9-2-3-14(13(4-9)17(19)20)21-12-6-10(15)5-11(16)7-12/h2-8,18H,1H3/t8-/m0/s1. The molecule has 0 aliphatic rings. The summed E-state index contributed by atoms with van der Waals surface area (Å²) in [5.74, 6) is -2.07. The Morgan fingerprint density at radius 2 is 1.81 bits per heavy atom. The van der Waals surface area contributed by atoms with Crippen LogP contribution in [0.2, 0.25) is 0 Å². The highest BCUT2D eigenvalue weighted by Crippen LogP contribution is 2.34. The van der Waals surface area contributed by atoms with Crippen LogP contribution in [0.5, 0.6) is 11.5 Å². The molecule has 0 radical (unpaired) electrons. The topological polar surface area (TPSA) is 72.6 Å². The average molecular weight is 295 g/mol. The van der Waals surface area contributed by atoms with Gasteiger partial charge in [-0.2, -0.15) is 0 Å². The number of ether oxygens (including phenoxy) is 1. The molecule has 0 fully saturated rings. The van der Waals surface area contributed by atoms with Gasteiger partial charge in [0, 0.05) is 24.3 Å². The molecular formula is C14H11F2NO4. The number of aliphatic hydroxyl groups excluding tert-OH is 1. The van der Waals surface area contributed by atoms with Crippen molar-refractivity contribution < 1.29 is 23.5 Å². The van der Waals surface area contributed by atoms with Gasteiger partial charge in [0.25, 0.3) is 0 Å². The SMILES string of the molecule is C[C@H](O)c1ccc(Oc2cc(F)cc(F)c2)c([N+](=O)[O-])c1. The van der Waals surface area contributed by atoms with E-state index < -0.39 is 28.3 Å². The lowest BCUT2D eigenvalue weighted by atomic mass is 10.1. The Morgan fingerprint density at radius 3 is 2.33 bits per heavy atom. The van der Waals surface area contributed by atoms with Gasteiger partial charge in [0.2, 0.25) is 5.75 Å². The number of rotatable bonds is 4. The number of nitro benzene ring substituents is 1. The van der Waals surface area contributed by atoms with E-state index >= 15 is 0 Å². The lowest BCUT2D eigenvalue weighted by molar-refractivity contribution is -0.385. The summed E-state index contributed by atoms with van der Waals surface area (Å²) in [6, 6.07) is 6.34. The molecule has 110 valence electrons. The maximum absolute atomic E-state index is 13.1. The average Bonchev–Trinajstić information content (AvgIpc) is 2.37. The van der Waals surface area contributed by atoms with E-state index in [4.69, 9.17) is 4.74 Å². The van der Waals surface area contributed by atoms with Crippen molar-refractivity contribution in [1.82, 2.24) is 0 Å². The molecule has 7 heteroatoms. The van der Waals surface area contributed by atoms with E-state index in [9.17, 15) is 24.0 Å². The van der Waals surface area contributed by atoms with Crippen molar-refractivity contribution in [3.63, 3.8) is 0 Å². The molecule has 21 heavy (non-hydrogen) atoms. The molecule has 1 N–H and O–H groups in total. The molecule has 0 bridgehead atoms. The Morgan fingerprint density at radius 1 is 1.19 bits per heavy atom. The number of benzene rings is 2. The van der Waals surface area contributed by atoms with Gasteiger partial charge in [0.05, 0.1) is 11.0 Å². The molecule has 2 rings (SSSR count). The Balaban J connectivity index is 2.41.